The fourth-order valence-electron chi connectivity index (χ4n) is 4.56. The topological polar surface area (TPSA) is 86.8 Å². The summed E-state index contributed by atoms with van der Waals surface area (Å²) in [6, 6.07) is 25.9. The quantitative estimate of drug-likeness (QED) is 0.296. The van der Waals surface area contributed by atoms with Gasteiger partial charge < -0.3 is 10.2 Å². The van der Waals surface area contributed by atoms with Crippen molar-refractivity contribution in [2.45, 2.75) is 65.1 Å². The fourth-order valence-corrected chi connectivity index (χ4v) is 5.52. The fraction of sp³-hybridized carbons (Fsp3) is 0.375. The number of hydrogen-bond donors (Lipinski definition) is 1. The van der Waals surface area contributed by atoms with E-state index in [1.807, 2.05) is 99.6 Å². The molecule has 0 fully saturated rings. The highest BCUT2D eigenvalue weighted by Crippen LogP contribution is 2.21. The number of rotatable bonds is 14. The zero-order chi connectivity index (χ0) is 29.1. The minimum atomic E-state index is -3.54. The molecule has 1 N–H and O–H groups in total. The van der Waals surface area contributed by atoms with Crippen LogP contribution in [0.15, 0.2) is 84.9 Å². The summed E-state index contributed by atoms with van der Waals surface area (Å²) in [6.07, 6.45) is 2.74. The van der Waals surface area contributed by atoms with Crippen molar-refractivity contribution in [3.8, 4) is 0 Å². The van der Waals surface area contributed by atoms with Gasteiger partial charge in [0.2, 0.25) is 21.8 Å². The molecule has 0 aromatic heterocycles. The van der Waals surface area contributed by atoms with Crippen molar-refractivity contribution in [1.82, 2.24) is 10.2 Å². The minimum absolute atomic E-state index is 0.0305. The lowest BCUT2D eigenvalue weighted by molar-refractivity contribution is -0.141. The highest BCUT2D eigenvalue weighted by Gasteiger charge is 2.31. The summed E-state index contributed by atoms with van der Waals surface area (Å²) in [6.45, 7) is 6.30. The number of carbonyl (C=O) groups is 2. The molecular formula is C32H41N3O4S. The minimum Gasteiger partial charge on any atom is -0.352 e. The van der Waals surface area contributed by atoms with Crippen LogP contribution in [0.1, 0.15) is 49.8 Å². The second kappa shape index (κ2) is 14.7. The molecular weight excluding hydrogens is 522 g/mol. The maximum atomic E-state index is 13.8. The first-order valence-corrected chi connectivity index (χ1v) is 15.7. The van der Waals surface area contributed by atoms with Gasteiger partial charge in [0.15, 0.2) is 0 Å². The highest BCUT2D eigenvalue weighted by molar-refractivity contribution is 7.92. The summed E-state index contributed by atoms with van der Waals surface area (Å²) in [5.74, 6) is -0.387. The second-order valence-electron chi connectivity index (χ2n) is 10.3. The number of nitrogens with zero attached hydrogens (tertiary/aromatic N) is 2. The van der Waals surface area contributed by atoms with Gasteiger partial charge in [0, 0.05) is 32.0 Å². The van der Waals surface area contributed by atoms with E-state index < -0.39 is 16.1 Å². The smallest absolute Gasteiger partial charge is 0.243 e. The molecule has 3 aromatic rings. The summed E-state index contributed by atoms with van der Waals surface area (Å²) in [5, 5.41) is 3.07. The number of anilines is 1. The van der Waals surface area contributed by atoms with Crippen LogP contribution in [0.5, 0.6) is 0 Å². The van der Waals surface area contributed by atoms with E-state index in [1.54, 1.807) is 11.0 Å². The van der Waals surface area contributed by atoms with Crippen molar-refractivity contribution in [3.05, 3.63) is 102 Å². The highest BCUT2D eigenvalue weighted by atomic mass is 32.2. The Bertz CT molecular complexity index is 1350. The Morgan fingerprint density at radius 3 is 2.10 bits per heavy atom. The van der Waals surface area contributed by atoms with E-state index in [0.717, 1.165) is 23.1 Å². The summed E-state index contributed by atoms with van der Waals surface area (Å²) in [5.41, 5.74) is 3.40. The molecule has 7 nitrogen and oxygen atoms in total. The molecule has 8 heteroatoms. The first-order valence-electron chi connectivity index (χ1n) is 13.8. The first-order chi connectivity index (χ1) is 19.1. The number of hydrogen-bond acceptors (Lipinski definition) is 4. The third-order valence-corrected chi connectivity index (χ3v) is 8.10. The van der Waals surface area contributed by atoms with Crippen LogP contribution >= 0.6 is 0 Å². The van der Waals surface area contributed by atoms with Gasteiger partial charge in [-0.2, -0.15) is 0 Å². The van der Waals surface area contributed by atoms with Gasteiger partial charge in [-0.25, -0.2) is 8.42 Å². The van der Waals surface area contributed by atoms with Crippen molar-refractivity contribution >= 4 is 27.5 Å². The van der Waals surface area contributed by atoms with Crippen molar-refractivity contribution in [1.29, 1.82) is 0 Å². The molecule has 0 aliphatic heterocycles. The molecule has 0 aliphatic rings. The summed E-state index contributed by atoms with van der Waals surface area (Å²) < 4.78 is 26.5. The van der Waals surface area contributed by atoms with Crippen molar-refractivity contribution in [2.24, 2.45) is 0 Å². The van der Waals surface area contributed by atoms with Gasteiger partial charge in [0.05, 0.1) is 11.9 Å². The van der Waals surface area contributed by atoms with Crippen molar-refractivity contribution < 1.29 is 18.0 Å². The van der Waals surface area contributed by atoms with E-state index in [9.17, 15) is 18.0 Å². The number of aryl methyl sites for hydroxylation is 1. The van der Waals surface area contributed by atoms with Gasteiger partial charge in [-0.15, -0.1) is 0 Å². The summed E-state index contributed by atoms with van der Waals surface area (Å²) >= 11 is 0. The molecule has 0 radical (unpaired) electrons. The Kier molecular flexibility index (Phi) is 11.3. The molecule has 0 bridgehead atoms. The van der Waals surface area contributed by atoms with Gasteiger partial charge in [0.1, 0.15) is 6.04 Å². The molecule has 3 rings (SSSR count). The number of benzene rings is 3. The molecule has 0 aliphatic carbocycles. The average Bonchev–Trinajstić information content (AvgIpc) is 2.93. The standard InChI is InChI=1S/C32H41N3O4S/c1-5-26(3)33-32(37)30(23-27-15-8-6-9-16-27)34(24-28-17-10-7-11-18-28)31(36)20-13-21-35(40(4,38)39)29-19-12-14-25(2)22-29/h6-12,14-19,22,26,30H,5,13,20-21,23-24H2,1-4H3,(H,33,37). The zero-order valence-electron chi connectivity index (χ0n) is 23.9. The van der Waals surface area contributed by atoms with E-state index in [0.29, 0.717) is 18.5 Å². The molecule has 2 amide bonds. The Morgan fingerprint density at radius 1 is 0.900 bits per heavy atom. The van der Waals surface area contributed by atoms with Crippen LogP contribution in [0, 0.1) is 6.92 Å². The zero-order valence-corrected chi connectivity index (χ0v) is 24.7. The van der Waals surface area contributed by atoms with E-state index in [1.165, 1.54) is 10.6 Å². The lowest BCUT2D eigenvalue weighted by Crippen LogP contribution is -2.52. The van der Waals surface area contributed by atoms with Crippen molar-refractivity contribution in [3.63, 3.8) is 0 Å². The van der Waals surface area contributed by atoms with Crippen LogP contribution in [0.3, 0.4) is 0 Å². The SMILES string of the molecule is CCC(C)NC(=O)C(Cc1ccccc1)N(Cc1ccccc1)C(=O)CCCN(c1cccc(C)c1)S(C)(=O)=O. The molecule has 2 unspecified atom stereocenters. The molecule has 214 valence electrons. The number of sulfonamides is 1. The number of nitrogens with one attached hydrogen (secondary N) is 1. The van der Waals surface area contributed by atoms with Crippen LogP contribution in [0.2, 0.25) is 0 Å². The van der Waals surface area contributed by atoms with E-state index in [2.05, 4.69) is 5.32 Å². The number of amides is 2. The van der Waals surface area contributed by atoms with Crippen molar-refractivity contribution in [2.75, 3.05) is 17.1 Å². The van der Waals surface area contributed by atoms with Crippen LogP contribution in [-0.2, 0) is 32.6 Å². The third kappa shape index (κ3) is 9.23. The van der Waals surface area contributed by atoms with E-state index in [4.69, 9.17) is 0 Å². The predicted octanol–water partition coefficient (Wildman–Crippen LogP) is 5.10. The van der Waals surface area contributed by atoms with Crippen LogP contribution in [0.25, 0.3) is 0 Å². The first kappa shape index (κ1) is 30.9. The Labute approximate surface area is 239 Å². The van der Waals surface area contributed by atoms with Gasteiger partial charge in [-0.3, -0.25) is 13.9 Å². The van der Waals surface area contributed by atoms with Gasteiger partial charge >= 0.3 is 0 Å². The predicted molar refractivity (Wildman–Crippen MR) is 161 cm³/mol. The van der Waals surface area contributed by atoms with Gasteiger partial charge in [-0.1, -0.05) is 79.7 Å². The summed E-state index contributed by atoms with van der Waals surface area (Å²) in [7, 11) is -3.54. The van der Waals surface area contributed by atoms with Crippen LogP contribution in [-0.4, -0.2) is 50.0 Å². The maximum absolute atomic E-state index is 13.8. The molecule has 2 atom stereocenters. The van der Waals surface area contributed by atoms with Gasteiger partial charge in [-0.05, 0) is 55.5 Å². The normalized spacial score (nSPS) is 12.8. The lowest BCUT2D eigenvalue weighted by atomic mass is 10.0. The molecule has 0 heterocycles. The lowest BCUT2D eigenvalue weighted by Gasteiger charge is -2.32. The average molecular weight is 564 g/mol. The molecule has 0 spiro atoms. The Morgan fingerprint density at radius 2 is 1.52 bits per heavy atom. The molecule has 40 heavy (non-hydrogen) atoms. The van der Waals surface area contributed by atoms with Crippen LogP contribution < -0.4 is 9.62 Å². The Hall–Kier alpha value is -3.65. The Balaban J connectivity index is 1.87. The largest absolute Gasteiger partial charge is 0.352 e. The third-order valence-electron chi connectivity index (χ3n) is 6.91. The summed E-state index contributed by atoms with van der Waals surface area (Å²) in [4.78, 5) is 29.1. The molecule has 0 saturated heterocycles. The van der Waals surface area contributed by atoms with Crippen LogP contribution in [0.4, 0.5) is 5.69 Å². The maximum Gasteiger partial charge on any atom is 0.243 e. The second-order valence-corrected chi connectivity index (χ2v) is 12.2. The van der Waals surface area contributed by atoms with E-state index >= 15 is 0 Å². The monoisotopic (exact) mass is 563 g/mol. The van der Waals surface area contributed by atoms with Gasteiger partial charge in [0.25, 0.3) is 0 Å². The van der Waals surface area contributed by atoms with E-state index in [-0.39, 0.29) is 37.4 Å². The number of carbonyl (C=O) groups excluding carboxylic acids is 2. The molecule has 0 saturated carbocycles. The molecule has 3 aromatic carbocycles.